The van der Waals surface area contributed by atoms with Crippen LogP contribution >= 0.6 is 0 Å². The Morgan fingerprint density at radius 2 is 0.481 bits per heavy atom. The molecular weight excluding hydrogens is 1380 g/mol. The van der Waals surface area contributed by atoms with Crippen LogP contribution in [-0.4, -0.2) is 178 Å². The standard InChI is InChI=1S/C17H30O2.C13H26O6.2C13H26O2.C12H24O2.C11H18O2.C9H14O4/c1-15(2)18-13(16(3)9-5-6-10-16)14(19-15)17(4)11-7-8-12-17;1-11(2)18-9(12(3,14-5)15-6)10(19-11)13(4,16-7)17-8;2*1-11(2,3)9-10(12(4,5)6)15-13(7,8)14-9;1-8-13-9(11(2,3)4)10(14-8)12(5,6)7;1-7(2)9-10(8(3)4)13-11(5,6)12-9;1-5(10)7-8(6(2)11)13-9(3,4)12-7/h13-14H,5-12H2,1-4H3;9-10H,1-8H3;2*9-10H,1-8H3;8-10H,1-7H3;9-10H,1,3H2,2,4-6H3;7-8H,1-4H3/t13-,14-;5*9-,10-;7-,8-/m0000011/s1. The van der Waals surface area contributed by atoms with E-state index < -0.39 is 70.7 Å². The number of carbonyl (C=O) groups is 2. The van der Waals surface area contributed by atoms with Crippen LogP contribution in [0.15, 0.2) is 24.3 Å². The van der Waals surface area contributed by atoms with E-state index in [9.17, 15) is 9.59 Å². The minimum atomic E-state index is -0.962. The van der Waals surface area contributed by atoms with E-state index in [1.165, 1.54) is 65.2 Å². The predicted octanol–water partition coefficient (Wildman–Crippen LogP) is 19.9. The lowest BCUT2D eigenvalue weighted by Gasteiger charge is -2.40. The zero-order valence-electron chi connectivity index (χ0n) is 76.9. The first-order valence-electron chi connectivity index (χ1n) is 40.2. The van der Waals surface area contributed by atoms with Gasteiger partial charge in [-0.1, -0.05) is 177 Å². The first-order chi connectivity index (χ1) is 48.2. The molecule has 0 amide bonds. The van der Waals surface area contributed by atoms with E-state index in [1.807, 2.05) is 76.2 Å². The molecule has 0 aromatic heterocycles. The van der Waals surface area contributed by atoms with Crippen LogP contribution in [-0.2, 0) is 94.9 Å². The van der Waals surface area contributed by atoms with Crippen molar-refractivity contribution in [1.29, 1.82) is 0 Å². The van der Waals surface area contributed by atoms with Gasteiger partial charge in [0, 0.05) is 28.4 Å². The van der Waals surface area contributed by atoms with Crippen molar-refractivity contribution in [3.63, 3.8) is 0 Å². The SMILES string of the molecule is C=C(C)[C@H]1OC(C)(C)O[C@@H]1C(=C)C.CC(=O)[C@H]1OC(C)(C)O[C@@H]1C(C)=O.CC1(C)O[C@H](C(C)(C)C)[C@@H](C(C)(C)C)O1.CC1(C)O[C@H](C(C)(C)C)[C@@H](C(C)(C)C)O1.CC1(C)O[C@H](C2(C)CCCC2)[C@@H](C2(C)CCCC2)O1.CC1O[C@H](C(C)(C)C)[C@@H](C(C)(C)C)O1.COC(C)(OC)[C@H]1OC(C)(C)O[C@@H]1C(C)(OC)OC. The van der Waals surface area contributed by atoms with Gasteiger partial charge in [-0.25, -0.2) is 0 Å². The Morgan fingerprint density at radius 1 is 0.296 bits per heavy atom. The Bertz CT molecular complexity index is 2530. The zero-order valence-corrected chi connectivity index (χ0v) is 76.9. The number of methoxy groups -OCH3 is 4. The number of ketones is 2. The number of hydrogen-bond acceptors (Lipinski definition) is 20. The highest BCUT2D eigenvalue weighted by molar-refractivity contribution is 5.91. The summed E-state index contributed by atoms with van der Waals surface area (Å²) in [5.74, 6) is -5.70. The van der Waals surface area contributed by atoms with Gasteiger partial charge < -0.3 is 85.3 Å². The molecule has 0 N–H and O–H groups in total. The molecule has 7 aliphatic heterocycles. The van der Waals surface area contributed by atoms with Crippen molar-refractivity contribution in [2.45, 2.75) is 459 Å². The highest BCUT2D eigenvalue weighted by Crippen LogP contribution is 2.56. The highest BCUT2D eigenvalue weighted by Gasteiger charge is 2.61. The average Bonchev–Trinajstić information content (AvgIpc) is 1.60. The molecule has 636 valence electrons. The van der Waals surface area contributed by atoms with Crippen molar-refractivity contribution < 1.29 is 94.9 Å². The van der Waals surface area contributed by atoms with Gasteiger partial charge in [0.15, 0.2) is 76.4 Å². The van der Waals surface area contributed by atoms with Crippen molar-refractivity contribution in [3.05, 3.63) is 24.3 Å². The fourth-order valence-corrected chi connectivity index (χ4v) is 15.7. The molecule has 0 bridgehead atoms. The Morgan fingerprint density at radius 3 is 0.667 bits per heavy atom. The molecule has 108 heavy (non-hydrogen) atoms. The quantitative estimate of drug-likeness (QED) is 0.132. The average molecular weight is 1540 g/mol. The van der Waals surface area contributed by atoms with Gasteiger partial charge in [0.05, 0.1) is 48.8 Å². The molecule has 20 heteroatoms. The molecule has 0 unspecified atom stereocenters. The van der Waals surface area contributed by atoms with Gasteiger partial charge in [-0.3, -0.25) is 9.59 Å². The lowest BCUT2D eigenvalue weighted by molar-refractivity contribution is -0.294. The maximum atomic E-state index is 11.1. The van der Waals surface area contributed by atoms with E-state index in [0.29, 0.717) is 23.0 Å². The molecule has 0 spiro atoms. The molecule has 0 radical (unpaired) electrons. The van der Waals surface area contributed by atoms with Gasteiger partial charge in [0.2, 0.25) is 0 Å². The van der Waals surface area contributed by atoms with E-state index in [0.717, 1.165) is 11.1 Å². The Balaban J connectivity index is 0.000000329. The summed E-state index contributed by atoms with van der Waals surface area (Å²) in [6.45, 7) is 87.7. The highest BCUT2D eigenvalue weighted by atomic mass is 16.8. The number of carbonyl (C=O) groups excluding carboxylic acids is 2. The molecule has 2 aliphatic carbocycles. The van der Waals surface area contributed by atoms with Gasteiger partial charge in [0.1, 0.15) is 24.4 Å². The third kappa shape index (κ3) is 27.6. The normalized spacial score (nSPS) is 32.4. The molecule has 14 atom stereocenters. The third-order valence-electron chi connectivity index (χ3n) is 21.9. The summed E-state index contributed by atoms with van der Waals surface area (Å²) in [6.07, 6.45) is 9.66. The van der Waals surface area contributed by atoms with Gasteiger partial charge in [0.25, 0.3) is 0 Å². The molecule has 9 rings (SSSR count). The largest absolute Gasteiger partial charge is 0.351 e. The van der Waals surface area contributed by atoms with Crippen molar-refractivity contribution in [2.24, 2.45) is 43.3 Å². The molecule has 9 fully saturated rings. The maximum Gasteiger partial charge on any atom is 0.194 e. The van der Waals surface area contributed by atoms with Gasteiger partial charge in [-0.05, 0) is 212 Å². The first kappa shape index (κ1) is 100. The van der Waals surface area contributed by atoms with Crippen LogP contribution in [0.2, 0.25) is 0 Å². The summed E-state index contributed by atoms with van der Waals surface area (Å²) in [6, 6.07) is 0. The summed E-state index contributed by atoms with van der Waals surface area (Å²) >= 11 is 0. The molecule has 0 aromatic rings. The zero-order chi connectivity index (χ0) is 84.4. The van der Waals surface area contributed by atoms with E-state index >= 15 is 0 Å². The fourth-order valence-electron chi connectivity index (χ4n) is 15.7. The van der Waals surface area contributed by atoms with Gasteiger partial charge in [-0.2, -0.15) is 0 Å². The number of Topliss-reactive ketones (excluding diaryl/α,β-unsaturated/α-hetero) is 2. The second-order valence-electron chi connectivity index (χ2n) is 42.2. The molecule has 9 aliphatic rings. The predicted molar refractivity (Wildman–Crippen MR) is 428 cm³/mol. The lowest BCUT2D eigenvalue weighted by atomic mass is 9.71. The van der Waals surface area contributed by atoms with Gasteiger partial charge in [-0.15, -0.1) is 0 Å². The Kier molecular flexibility index (Phi) is 33.7. The Labute approximate surface area is 658 Å². The molecule has 2 saturated carbocycles. The minimum absolute atomic E-state index is 0.0486. The topological polar surface area (TPSA) is 200 Å². The molecular formula is C88H164O20. The summed E-state index contributed by atoms with van der Waals surface area (Å²) in [5.41, 5.74) is 3.39. The van der Waals surface area contributed by atoms with Crippen LogP contribution in [0.5, 0.6) is 0 Å². The molecule has 7 saturated heterocycles. The Hall–Kier alpha value is -1.90. The van der Waals surface area contributed by atoms with Gasteiger partial charge >= 0.3 is 0 Å². The molecule has 0 aromatic carbocycles. The summed E-state index contributed by atoms with van der Waals surface area (Å²) in [7, 11) is 6.25. The summed E-state index contributed by atoms with van der Waals surface area (Å²) in [5, 5.41) is 0. The van der Waals surface area contributed by atoms with Crippen LogP contribution in [0, 0.1) is 43.3 Å². The van der Waals surface area contributed by atoms with Crippen molar-refractivity contribution in [2.75, 3.05) is 28.4 Å². The monoisotopic (exact) mass is 1540 g/mol. The van der Waals surface area contributed by atoms with Crippen LogP contribution in [0.25, 0.3) is 0 Å². The number of hydrogen-bond donors (Lipinski definition) is 0. The number of ether oxygens (including phenoxy) is 18. The van der Waals surface area contributed by atoms with Crippen LogP contribution in [0.4, 0.5) is 0 Å². The van der Waals surface area contributed by atoms with E-state index in [2.05, 4.69) is 165 Å². The smallest absolute Gasteiger partial charge is 0.194 e. The van der Waals surface area contributed by atoms with E-state index in [-0.39, 0.29) is 99.2 Å². The third-order valence-corrected chi connectivity index (χ3v) is 21.9. The molecule has 20 nitrogen and oxygen atoms in total. The second-order valence-corrected chi connectivity index (χ2v) is 42.2. The van der Waals surface area contributed by atoms with Crippen LogP contribution in [0.1, 0.15) is 321 Å². The summed E-state index contributed by atoms with van der Waals surface area (Å²) in [4.78, 5) is 22.2. The minimum Gasteiger partial charge on any atom is -0.351 e. The fraction of sp³-hybridized carbons (Fsp3) is 0.932. The second kappa shape index (κ2) is 36.3. The number of rotatable bonds is 12. The van der Waals surface area contributed by atoms with E-state index in [1.54, 1.807) is 56.1 Å². The lowest BCUT2D eigenvalue weighted by Crippen LogP contribution is -2.57. The summed E-state index contributed by atoms with van der Waals surface area (Å²) < 4.78 is 104. The van der Waals surface area contributed by atoms with Crippen molar-refractivity contribution in [3.8, 4) is 0 Å². The molecule has 7 heterocycles. The first-order valence-corrected chi connectivity index (χ1v) is 40.2. The van der Waals surface area contributed by atoms with Crippen LogP contribution in [0.3, 0.4) is 0 Å². The van der Waals surface area contributed by atoms with Crippen molar-refractivity contribution >= 4 is 11.6 Å². The van der Waals surface area contributed by atoms with E-state index in [4.69, 9.17) is 85.3 Å². The van der Waals surface area contributed by atoms with Crippen LogP contribution < -0.4 is 0 Å². The van der Waals surface area contributed by atoms with Crippen molar-refractivity contribution in [1.82, 2.24) is 0 Å². The maximum absolute atomic E-state index is 11.1.